The molecule has 3 rings (SSSR count). The lowest BCUT2D eigenvalue weighted by molar-refractivity contribution is -0.117. The number of hydrogen-bond acceptors (Lipinski definition) is 3. The summed E-state index contributed by atoms with van der Waals surface area (Å²) >= 11 is 0. The second-order valence-corrected chi connectivity index (χ2v) is 6.38. The van der Waals surface area contributed by atoms with Gasteiger partial charge in [0.25, 0.3) is 0 Å². The fourth-order valence-corrected chi connectivity index (χ4v) is 3.04. The number of hydrogen-bond donors (Lipinski definition) is 2. The second-order valence-electron chi connectivity index (χ2n) is 6.38. The van der Waals surface area contributed by atoms with Crippen LogP contribution in [0.2, 0.25) is 0 Å². The molecule has 2 aromatic carbocycles. The van der Waals surface area contributed by atoms with Crippen LogP contribution in [0, 0.1) is 0 Å². The first-order chi connectivity index (χ1) is 12.7. The Balaban J connectivity index is 1.44. The molecule has 5 nitrogen and oxygen atoms in total. The molecule has 5 heteroatoms. The molecule has 26 heavy (non-hydrogen) atoms. The summed E-state index contributed by atoms with van der Waals surface area (Å²) in [5.74, 6) is 0.834. The maximum Gasteiger partial charge on any atom is 0.224 e. The maximum absolute atomic E-state index is 12.1. The Morgan fingerprint density at radius 1 is 1.19 bits per heavy atom. The van der Waals surface area contributed by atoms with Crippen LogP contribution in [-0.4, -0.2) is 18.4 Å². The van der Waals surface area contributed by atoms with Crippen LogP contribution in [0.4, 0.5) is 11.4 Å². The standard InChI is InChI=1S/C21H24N2O3/c1-2-15-6-3-4-7-18(15)22-20(24)8-5-13-26-17-10-11-19-16(14-17)9-12-21(25)23-19/h3-4,6-7,10-11,14H,2,5,8-9,12-13H2,1H3,(H,22,24)(H,23,25). The van der Waals surface area contributed by atoms with Crippen LogP contribution >= 0.6 is 0 Å². The highest BCUT2D eigenvalue weighted by Gasteiger charge is 2.15. The smallest absolute Gasteiger partial charge is 0.224 e. The van der Waals surface area contributed by atoms with E-state index in [1.54, 1.807) is 0 Å². The topological polar surface area (TPSA) is 67.4 Å². The maximum atomic E-state index is 12.1. The van der Waals surface area contributed by atoms with Gasteiger partial charge in [-0.3, -0.25) is 9.59 Å². The number of anilines is 2. The van der Waals surface area contributed by atoms with Gasteiger partial charge < -0.3 is 15.4 Å². The van der Waals surface area contributed by atoms with Crippen molar-refractivity contribution in [3.8, 4) is 5.75 Å². The number of carbonyl (C=O) groups excluding carboxylic acids is 2. The molecule has 0 saturated heterocycles. The summed E-state index contributed by atoms with van der Waals surface area (Å²) in [7, 11) is 0. The van der Waals surface area contributed by atoms with Crippen LogP contribution in [0.15, 0.2) is 42.5 Å². The first-order valence-electron chi connectivity index (χ1n) is 9.09. The van der Waals surface area contributed by atoms with Crippen molar-refractivity contribution in [1.29, 1.82) is 0 Å². The predicted molar refractivity (Wildman–Crippen MR) is 103 cm³/mol. The minimum Gasteiger partial charge on any atom is -0.494 e. The van der Waals surface area contributed by atoms with Crippen LogP contribution in [-0.2, 0) is 22.4 Å². The minimum absolute atomic E-state index is 0.00246. The molecule has 1 aliphatic heterocycles. The van der Waals surface area contributed by atoms with Crippen LogP contribution < -0.4 is 15.4 Å². The number of rotatable bonds is 7. The highest BCUT2D eigenvalue weighted by atomic mass is 16.5. The Kier molecular flexibility index (Phi) is 5.89. The first-order valence-corrected chi connectivity index (χ1v) is 9.09. The summed E-state index contributed by atoms with van der Waals surface area (Å²) in [5.41, 5.74) is 3.98. The fraction of sp³-hybridized carbons (Fsp3) is 0.333. The summed E-state index contributed by atoms with van der Waals surface area (Å²) in [6.07, 6.45) is 3.19. The molecule has 2 N–H and O–H groups in total. The fourth-order valence-electron chi connectivity index (χ4n) is 3.04. The molecule has 0 atom stereocenters. The van der Waals surface area contributed by atoms with Gasteiger partial charge in [-0.25, -0.2) is 0 Å². The van der Waals surface area contributed by atoms with E-state index in [0.717, 1.165) is 41.1 Å². The van der Waals surface area contributed by atoms with Gasteiger partial charge >= 0.3 is 0 Å². The van der Waals surface area contributed by atoms with E-state index in [-0.39, 0.29) is 11.8 Å². The lowest BCUT2D eigenvalue weighted by Crippen LogP contribution is -2.18. The van der Waals surface area contributed by atoms with Gasteiger partial charge in [0.05, 0.1) is 6.61 Å². The quantitative estimate of drug-likeness (QED) is 0.742. The molecule has 0 unspecified atom stereocenters. The molecule has 0 bridgehead atoms. The number of aryl methyl sites for hydroxylation is 2. The van der Waals surface area contributed by atoms with E-state index in [9.17, 15) is 9.59 Å². The highest BCUT2D eigenvalue weighted by Crippen LogP contribution is 2.26. The van der Waals surface area contributed by atoms with Gasteiger partial charge in [-0.2, -0.15) is 0 Å². The van der Waals surface area contributed by atoms with E-state index in [1.807, 2.05) is 42.5 Å². The van der Waals surface area contributed by atoms with Crippen LogP contribution in [0.3, 0.4) is 0 Å². The Bertz CT molecular complexity index is 802. The second kappa shape index (κ2) is 8.52. The van der Waals surface area contributed by atoms with Crippen molar-refractivity contribution in [1.82, 2.24) is 0 Å². The van der Waals surface area contributed by atoms with Crippen molar-refractivity contribution in [3.05, 3.63) is 53.6 Å². The van der Waals surface area contributed by atoms with Crippen molar-refractivity contribution in [2.75, 3.05) is 17.2 Å². The zero-order valence-electron chi connectivity index (χ0n) is 15.0. The summed E-state index contributed by atoms with van der Waals surface area (Å²) in [4.78, 5) is 23.5. The number of amides is 2. The van der Waals surface area contributed by atoms with Gasteiger partial charge in [-0.1, -0.05) is 25.1 Å². The summed E-state index contributed by atoms with van der Waals surface area (Å²) < 4.78 is 5.75. The lowest BCUT2D eigenvalue weighted by atomic mass is 10.0. The van der Waals surface area contributed by atoms with Gasteiger partial charge in [0.2, 0.25) is 11.8 Å². The minimum atomic E-state index is 0.00246. The third kappa shape index (κ3) is 4.63. The van der Waals surface area contributed by atoms with E-state index >= 15 is 0 Å². The molecule has 0 radical (unpaired) electrons. The molecule has 136 valence electrons. The van der Waals surface area contributed by atoms with E-state index in [2.05, 4.69) is 17.6 Å². The zero-order valence-corrected chi connectivity index (χ0v) is 15.0. The van der Waals surface area contributed by atoms with Crippen LogP contribution in [0.25, 0.3) is 0 Å². The molecule has 0 spiro atoms. The number of para-hydroxylation sites is 1. The largest absolute Gasteiger partial charge is 0.494 e. The first kappa shape index (κ1) is 18.0. The Morgan fingerprint density at radius 2 is 2.04 bits per heavy atom. The van der Waals surface area contributed by atoms with Crippen LogP contribution in [0.5, 0.6) is 5.75 Å². The van der Waals surface area contributed by atoms with Crippen molar-refractivity contribution in [2.24, 2.45) is 0 Å². The summed E-state index contributed by atoms with van der Waals surface area (Å²) in [5, 5.41) is 5.82. The van der Waals surface area contributed by atoms with E-state index in [0.29, 0.717) is 25.9 Å². The van der Waals surface area contributed by atoms with Crippen LogP contribution in [0.1, 0.15) is 37.3 Å². The molecule has 1 aliphatic rings. The predicted octanol–water partition coefficient (Wildman–Crippen LogP) is 3.93. The van der Waals surface area contributed by atoms with Gasteiger partial charge in [0.15, 0.2) is 0 Å². The summed E-state index contributed by atoms with van der Waals surface area (Å²) in [6, 6.07) is 13.5. The molecule has 0 saturated carbocycles. The summed E-state index contributed by atoms with van der Waals surface area (Å²) in [6.45, 7) is 2.55. The highest BCUT2D eigenvalue weighted by molar-refractivity contribution is 5.94. The third-order valence-electron chi connectivity index (χ3n) is 4.46. The molecule has 2 aromatic rings. The van der Waals surface area contributed by atoms with Gasteiger partial charge in [0, 0.05) is 24.2 Å². The van der Waals surface area contributed by atoms with E-state index in [1.165, 1.54) is 0 Å². The van der Waals surface area contributed by atoms with E-state index < -0.39 is 0 Å². The number of ether oxygens (including phenoxy) is 1. The molecule has 0 fully saturated rings. The normalized spacial score (nSPS) is 12.9. The number of fused-ring (bicyclic) bond motifs is 1. The average molecular weight is 352 g/mol. The Morgan fingerprint density at radius 3 is 2.88 bits per heavy atom. The average Bonchev–Trinajstić information content (AvgIpc) is 2.65. The molecule has 0 aromatic heterocycles. The molecular formula is C21H24N2O3. The molecule has 2 amide bonds. The lowest BCUT2D eigenvalue weighted by Gasteiger charge is -2.17. The number of benzene rings is 2. The number of carbonyl (C=O) groups is 2. The molecule has 1 heterocycles. The van der Waals surface area contributed by atoms with Gasteiger partial charge in [-0.15, -0.1) is 0 Å². The van der Waals surface area contributed by atoms with Gasteiger partial charge in [0.1, 0.15) is 5.75 Å². The van der Waals surface area contributed by atoms with Crippen molar-refractivity contribution < 1.29 is 14.3 Å². The monoisotopic (exact) mass is 352 g/mol. The van der Waals surface area contributed by atoms with Crippen molar-refractivity contribution in [2.45, 2.75) is 39.0 Å². The Labute approximate surface area is 153 Å². The number of nitrogens with one attached hydrogen (secondary N) is 2. The van der Waals surface area contributed by atoms with E-state index in [4.69, 9.17) is 4.74 Å². The van der Waals surface area contributed by atoms with Crippen molar-refractivity contribution >= 4 is 23.2 Å². The molecular weight excluding hydrogens is 328 g/mol. The SMILES string of the molecule is CCc1ccccc1NC(=O)CCCOc1ccc2c(c1)CCC(=O)N2. The Hall–Kier alpha value is -2.82. The van der Waals surface area contributed by atoms with Gasteiger partial charge in [-0.05, 0) is 54.7 Å². The third-order valence-corrected chi connectivity index (χ3v) is 4.46. The van der Waals surface area contributed by atoms with Crippen molar-refractivity contribution in [3.63, 3.8) is 0 Å². The molecule has 0 aliphatic carbocycles. The zero-order chi connectivity index (χ0) is 18.4.